The summed E-state index contributed by atoms with van der Waals surface area (Å²) < 4.78 is 5.35. The van der Waals surface area contributed by atoms with Crippen LogP contribution in [-0.2, 0) is 0 Å². The average molecular weight is 448 g/mol. The summed E-state index contributed by atoms with van der Waals surface area (Å²) in [6.45, 7) is 0.117. The van der Waals surface area contributed by atoms with E-state index in [1.165, 1.54) is 69.9 Å². The number of anilines is 2. The molecule has 0 saturated heterocycles. The Morgan fingerprint density at radius 3 is 2.29 bits per heavy atom. The zero-order chi connectivity index (χ0) is 22.0. The Bertz CT molecular complexity index is 2000. The summed E-state index contributed by atoms with van der Waals surface area (Å²) in [6.07, 6.45) is 0. The molecule has 7 aromatic rings. The predicted octanol–water partition coefficient (Wildman–Crippen LogP) is 7.54. The number of hydrogen-bond donors (Lipinski definition) is 0. The van der Waals surface area contributed by atoms with E-state index in [0.717, 1.165) is 0 Å². The van der Waals surface area contributed by atoms with Crippen LogP contribution in [0, 0.1) is 0 Å². The molecule has 0 aliphatic carbocycles. The SMILES string of the molecule is c1ccc2c(c1)B1N(c3ccccc3-2)c2cc3c4ccccc4sc3c3c4ccccc4n1c23. The summed E-state index contributed by atoms with van der Waals surface area (Å²) >= 11 is 1.93. The van der Waals surface area contributed by atoms with Crippen molar-refractivity contribution in [2.24, 2.45) is 0 Å². The molecule has 9 rings (SSSR count). The first-order valence-corrected chi connectivity index (χ1v) is 12.6. The minimum absolute atomic E-state index is 0.117. The van der Waals surface area contributed by atoms with Gasteiger partial charge in [-0.2, -0.15) is 0 Å². The van der Waals surface area contributed by atoms with Crippen molar-refractivity contribution in [1.29, 1.82) is 0 Å². The molecule has 0 spiro atoms. The Morgan fingerprint density at radius 2 is 1.35 bits per heavy atom. The van der Waals surface area contributed by atoms with Gasteiger partial charge in [0.05, 0.1) is 11.2 Å². The molecule has 0 N–H and O–H groups in total. The maximum atomic E-state index is 2.60. The first-order chi connectivity index (χ1) is 16.9. The Morgan fingerprint density at radius 1 is 0.618 bits per heavy atom. The van der Waals surface area contributed by atoms with E-state index in [2.05, 4.69) is 112 Å². The van der Waals surface area contributed by atoms with Crippen LogP contribution in [0.15, 0.2) is 103 Å². The molecule has 34 heavy (non-hydrogen) atoms. The predicted molar refractivity (Wildman–Crippen MR) is 147 cm³/mol. The van der Waals surface area contributed by atoms with E-state index < -0.39 is 0 Å². The van der Waals surface area contributed by atoms with E-state index >= 15 is 0 Å². The van der Waals surface area contributed by atoms with Gasteiger partial charge in [-0.25, -0.2) is 0 Å². The van der Waals surface area contributed by atoms with Crippen LogP contribution in [0.2, 0.25) is 0 Å². The molecule has 0 atom stereocenters. The summed E-state index contributed by atoms with van der Waals surface area (Å²) in [6, 6.07) is 38.1. The Balaban J connectivity index is 1.55. The zero-order valence-corrected chi connectivity index (χ0v) is 19.0. The van der Waals surface area contributed by atoms with Crippen LogP contribution < -0.4 is 10.3 Å². The monoisotopic (exact) mass is 448 g/mol. The maximum absolute atomic E-state index is 2.60. The van der Waals surface area contributed by atoms with E-state index in [-0.39, 0.29) is 6.98 Å². The van der Waals surface area contributed by atoms with Gasteiger partial charge < -0.3 is 9.29 Å². The molecule has 2 aromatic heterocycles. The second kappa shape index (κ2) is 5.91. The molecule has 2 aliphatic rings. The maximum Gasteiger partial charge on any atom is 0.421 e. The lowest BCUT2D eigenvalue weighted by molar-refractivity contribution is 1.31. The van der Waals surface area contributed by atoms with Crippen molar-refractivity contribution in [3.8, 4) is 11.1 Å². The van der Waals surface area contributed by atoms with Gasteiger partial charge in [-0.3, -0.25) is 0 Å². The summed E-state index contributed by atoms with van der Waals surface area (Å²) in [5.41, 5.74) is 9.29. The number of thiophene rings is 1. The van der Waals surface area contributed by atoms with Crippen LogP contribution in [0.4, 0.5) is 11.4 Å². The standard InChI is InChI=1S/C30H17BN2S/c1-5-13-23-18(9-1)19-10-2-6-14-24(19)32-26-17-22-20-11-4-8-16-27(20)34-30(22)28-21-12-3-7-15-25(21)33(29(26)28)31(23)32/h1-17H. The number of rotatable bonds is 0. The number of fused-ring (bicyclic) bond motifs is 15. The lowest BCUT2D eigenvalue weighted by Gasteiger charge is -2.34. The van der Waals surface area contributed by atoms with Crippen LogP contribution >= 0.6 is 11.3 Å². The Hall–Kier alpha value is -4.02. The number of aromatic nitrogens is 1. The second-order valence-electron chi connectivity index (χ2n) is 9.33. The largest absolute Gasteiger partial charge is 0.421 e. The van der Waals surface area contributed by atoms with E-state index in [1.807, 2.05) is 11.3 Å². The van der Waals surface area contributed by atoms with Crippen LogP contribution in [0.3, 0.4) is 0 Å². The first kappa shape index (κ1) is 17.5. The molecular formula is C30H17BN2S. The highest BCUT2D eigenvalue weighted by Crippen LogP contribution is 2.53. The molecule has 0 radical (unpaired) electrons. The molecular weight excluding hydrogens is 431 g/mol. The average Bonchev–Trinajstić information content (AvgIpc) is 3.55. The summed E-state index contributed by atoms with van der Waals surface area (Å²) in [5.74, 6) is 0. The molecule has 0 saturated carbocycles. The molecule has 156 valence electrons. The van der Waals surface area contributed by atoms with Crippen molar-refractivity contribution in [2.75, 3.05) is 4.81 Å². The van der Waals surface area contributed by atoms with Gasteiger partial charge >= 0.3 is 6.98 Å². The number of para-hydroxylation sites is 2. The van der Waals surface area contributed by atoms with Gasteiger partial charge in [0.15, 0.2) is 0 Å². The van der Waals surface area contributed by atoms with Crippen LogP contribution in [0.5, 0.6) is 0 Å². The van der Waals surface area contributed by atoms with Gasteiger partial charge in [0.1, 0.15) is 0 Å². The second-order valence-corrected chi connectivity index (χ2v) is 10.4. The molecule has 0 bridgehead atoms. The van der Waals surface area contributed by atoms with Crippen molar-refractivity contribution >= 4 is 77.1 Å². The van der Waals surface area contributed by atoms with Crippen LogP contribution in [0.1, 0.15) is 0 Å². The van der Waals surface area contributed by atoms with Crippen molar-refractivity contribution in [3.63, 3.8) is 0 Å². The first-order valence-electron chi connectivity index (χ1n) is 11.7. The van der Waals surface area contributed by atoms with Crippen molar-refractivity contribution in [2.45, 2.75) is 0 Å². The number of benzene rings is 5. The number of hydrogen-bond acceptors (Lipinski definition) is 2. The lowest BCUT2D eigenvalue weighted by Crippen LogP contribution is -2.51. The van der Waals surface area contributed by atoms with Crippen LogP contribution in [-0.4, -0.2) is 11.5 Å². The summed E-state index contributed by atoms with van der Waals surface area (Å²) in [7, 11) is 0. The molecule has 4 heteroatoms. The van der Waals surface area contributed by atoms with Gasteiger partial charge in [0, 0.05) is 47.7 Å². The smallest absolute Gasteiger partial charge is 0.359 e. The lowest BCUT2D eigenvalue weighted by atomic mass is 9.60. The fraction of sp³-hybridized carbons (Fsp3) is 0. The van der Waals surface area contributed by atoms with E-state index in [0.29, 0.717) is 0 Å². The molecule has 2 nitrogen and oxygen atoms in total. The minimum Gasteiger partial charge on any atom is -0.359 e. The highest BCUT2D eigenvalue weighted by atomic mass is 32.1. The zero-order valence-electron chi connectivity index (χ0n) is 18.2. The molecule has 0 unspecified atom stereocenters. The van der Waals surface area contributed by atoms with Gasteiger partial charge in [0.2, 0.25) is 0 Å². The third kappa shape index (κ3) is 1.88. The fourth-order valence-corrected chi connectivity index (χ4v) is 7.69. The minimum atomic E-state index is 0.117. The van der Waals surface area contributed by atoms with E-state index in [4.69, 9.17) is 0 Å². The molecule has 5 aromatic carbocycles. The molecule has 2 aliphatic heterocycles. The Kier molecular flexibility index (Phi) is 3.03. The summed E-state index contributed by atoms with van der Waals surface area (Å²) in [5, 5.41) is 5.47. The highest BCUT2D eigenvalue weighted by Gasteiger charge is 2.45. The van der Waals surface area contributed by atoms with Gasteiger partial charge in [0.25, 0.3) is 0 Å². The van der Waals surface area contributed by atoms with Crippen molar-refractivity contribution in [3.05, 3.63) is 103 Å². The molecule has 0 fully saturated rings. The Labute approximate surface area is 200 Å². The molecule has 0 amide bonds. The van der Waals surface area contributed by atoms with Gasteiger partial charge in [-0.05, 0) is 35.3 Å². The van der Waals surface area contributed by atoms with Crippen molar-refractivity contribution < 1.29 is 0 Å². The third-order valence-electron chi connectivity index (χ3n) is 7.74. The van der Waals surface area contributed by atoms with E-state index in [1.54, 1.807) is 0 Å². The number of nitrogens with zero attached hydrogens (tertiary/aromatic N) is 2. The summed E-state index contributed by atoms with van der Waals surface area (Å²) in [4.78, 5) is 2.58. The fourth-order valence-electron chi connectivity index (χ4n) is 6.45. The molecule has 4 heterocycles. The van der Waals surface area contributed by atoms with Crippen molar-refractivity contribution in [1.82, 2.24) is 4.48 Å². The normalized spacial score (nSPS) is 13.8. The van der Waals surface area contributed by atoms with Gasteiger partial charge in [-0.1, -0.05) is 78.9 Å². The highest BCUT2D eigenvalue weighted by molar-refractivity contribution is 7.26. The van der Waals surface area contributed by atoms with E-state index in [9.17, 15) is 0 Å². The third-order valence-corrected chi connectivity index (χ3v) is 8.94. The quantitative estimate of drug-likeness (QED) is 0.218. The van der Waals surface area contributed by atoms with Crippen LogP contribution in [0.25, 0.3) is 53.1 Å². The van der Waals surface area contributed by atoms with Gasteiger partial charge in [-0.15, -0.1) is 11.3 Å². The topological polar surface area (TPSA) is 8.17 Å².